The van der Waals surface area contributed by atoms with Gasteiger partial charge in [-0.05, 0) is 79.3 Å². The van der Waals surface area contributed by atoms with Crippen LogP contribution in [0.4, 0.5) is 0 Å². The van der Waals surface area contributed by atoms with Crippen molar-refractivity contribution >= 4 is 40.6 Å². The van der Waals surface area contributed by atoms with Gasteiger partial charge in [0.1, 0.15) is 11.3 Å². The number of thioether (sulfide) groups is 1. The summed E-state index contributed by atoms with van der Waals surface area (Å²) in [4.78, 5) is 24.2. The molecule has 5 nitrogen and oxygen atoms in total. The van der Waals surface area contributed by atoms with Crippen molar-refractivity contribution in [1.82, 2.24) is 0 Å². The molecule has 1 heterocycles. The van der Waals surface area contributed by atoms with Crippen LogP contribution in [0.3, 0.4) is 0 Å². The summed E-state index contributed by atoms with van der Waals surface area (Å²) in [5.41, 5.74) is 3.13. The highest BCUT2D eigenvalue weighted by Gasteiger charge is 2.11. The lowest BCUT2D eigenvalue weighted by atomic mass is 10.0. The van der Waals surface area contributed by atoms with E-state index in [4.69, 9.17) is 14.3 Å². The van der Waals surface area contributed by atoms with E-state index in [1.165, 1.54) is 6.08 Å². The van der Waals surface area contributed by atoms with Crippen molar-refractivity contribution in [3.8, 4) is 5.75 Å². The second-order valence-electron chi connectivity index (χ2n) is 6.38. The maximum atomic E-state index is 12.5. The first kappa shape index (κ1) is 19.8. The highest BCUT2D eigenvalue weighted by atomic mass is 32.2. The van der Waals surface area contributed by atoms with Crippen molar-refractivity contribution in [3.63, 3.8) is 0 Å². The first-order valence-corrected chi connectivity index (χ1v) is 9.85. The number of fused-ring (bicyclic) bond motifs is 1. The Morgan fingerprint density at radius 3 is 2.50 bits per heavy atom. The van der Waals surface area contributed by atoms with Gasteiger partial charge >= 0.3 is 5.97 Å². The zero-order valence-corrected chi connectivity index (χ0v) is 16.6. The average molecular weight is 396 g/mol. The summed E-state index contributed by atoms with van der Waals surface area (Å²) in [7, 11) is 0. The molecule has 0 unspecified atom stereocenters. The normalized spacial score (nSPS) is 11.2. The molecule has 0 aliphatic heterocycles. The average Bonchev–Trinajstić information content (AvgIpc) is 3.08. The fraction of sp³-hybridized carbons (Fsp3) is 0.182. The third-order valence-electron chi connectivity index (χ3n) is 4.22. The highest BCUT2D eigenvalue weighted by molar-refractivity contribution is 7.98. The number of ketones is 1. The van der Waals surface area contributed by atoms with Crippen LogP contribution in [0.5, 0.6) is 5.75 Å². The van der Waals surface area contributed by atoms with Gasteiger partial charge in [-0.2, -0.15) is 0 Å². The predicted molar refractivity (Wildman–Crippen MR) is 110 cm³/mol. The molecule has 0 aliphatic rings. The summed E-state index contributed by atoms with van der Waals surface area (Å²) in [6, 6.07) is 11.3. The number of hydrogen-bond acceptors (Lipinski definition) is 5. The van der Waals surface area contributed by atoms with Gasteiger partial charge in [-0.3, -0.25) is 4.79 Å². The van der Waals surface area contributed by atoms with E-state index in [-0.39, 0.29) is 12.4 Å². The molecule has 0 saturated heterocycles. The molecule has 3 aromatic rings. The van der Waals surface area contributed by atoms with Gasteiger partial charge in [0.2, 0.25) is 5.78 Å². The number of aliphatic carboxylic acids is 1. The smallest absolute Gasteiger partial charge is 0.341 e. The number of hydrogen-bond donors (Lipinski definition) is 1. The zero-order valence-electron chi connectivity index (χ0n) is 15.8. The van der Waals surface area contributed by atoms with Gasteiger partial charge < -0.3 is 14.3 Å². The molecule has 0 atom stereocenters. The number of carbonyl (C=O) groups excluding carboxylic acids is 1. The van der Waals surface area contributed by atoms with E-state index in [0.29, 0.717) is 17.1 Å². The Bertz CT molecular complexity index is 1050. The fourth-order valence-electron chi connectivity index (χ4n) is 2.96. The maximum Gasteiger partial charge on any atom is 0.341 e. The standard InChI is InChI=1S/C22H20O5S/c1-13-8-15(9-14(2)22(13)26-12-21(24)25)4-7-18(23)20-10-16-5-6-17(28-3)11-19(16)27-20/h4-11H,12H2,1-3H3,(H,24,25). The Hall–Kier alpha value is -2.99. The van der Waals surface area contributed by atoms with Gasteiger partial charge in [0.05, 0.1) is 0 Å². The minimum atomic E-state index is -1.02. The minimum Gasteiger partial charge on any atom is -0.481 e. The molecule has 0 radical (unpaired) electrons. The number of rotatable bonds is 7. The molecule has 0 aliphatic carbocycles. The lowest BCUT2D eigenvalue weighted by Crippen LogP contribution is -2.11. The molecule has 0 fully saturated rings. The molecule has 0 saturated carbocycles. The Kier molecular flexibility index (Phi) is 5.90. The third-order valence-corrected chi connectivity index (χ3v) is 4.95. The number of carbonyl (C=O) groups is 2. The van der Waals surface area contributed by atoms with Gasteiger partial charge in [0, 0.05) is 10.3 Å². The van der Waals surface area contributed by atoms with Gasteiger partial charge in [0.25, 0.3) is 0 Å². The SMILES string of the molecule is CSc1ccc2cc(C(=O)C=Cc3cc(C)c(OCC(=O)O)c(C)c3)oc2c1. The number of carboxylic acid groups (broad SMARTS) is 1. The summed E-state index contributed by atoms with van der Waals surface area (Å²) < 4.78 is 11.0. The Morgan fingerprint density at radius 1 is 1.14 bits per heavy atom. The first-order valence-electron chi connectivity index (χ1n) is 8.63. The summed E-state index contributed by atoms with van der Waals surface area (Å²) >= 11 is 1.62. The highest BCUT2D eigenvalue weighted by Crippen LogP contribution is 2.27. The summed E-state index contributed by atoms with van der Waals surface area (Å²) in [6.45, 7) is 3.29. The van der Waals surface area contributed by atoms with Crippen LogP contribution < -0.4 is 4.74 Å². The Labute approximate surface area is 167 Å². The Balaban J connectivity index is 1.79. The number of furan rings is 1. The van der Waals surface area contributed by atoms with Crippen molar-refractivity contribution in [2.24, 2.45) is 0 Å². The third kappa shape index (κ3) is 4.46. The number of allylic oxidation sites excluding steroid dienone is 1. The molecule has 0 spiro atoms. The zero-order chi connectivity index (χ0) is 20.3. The fourth-order valence-corrected chi connectivity index (χ4v) is 3.38. The first-order chi connectivity index (χ1) is 13.4. The number of ether oxygens (including phenoxy) is 1. The summed E-state index contributed by atoms with van der Waals surface area (Å²) in [5, 5.41) is 9.65. The van der Waals surface area contributed by atoms with Crippen LogP contribution >= 0.6 is 11.8 Å². The van der Waals surface area contributed by atoms with Crippen molar-refractivity contribution in [3.05, 3.63) is 64.9 Å². The second-order valence-corrected chi connectivity index (χ2v) is 7.26. The molecule has 0 amide bonds. The van der Waals surface area contributed by atoms with E-state index in [0.717, 1.165) is 27.0 Å². The van der Waals surface area contributed by atoms with E-state index in [9.17, 15) is 9.59 Å². The van der Waals surface area contributed by atoms with Gasteiger partial charge in [-0.1, -0.05) is 6.08 Å². The summed E-state index contributed by atoms with van der Waals surface area (Å²) in [6.07, 6.45) is 5.17. The predicted octanol–water partition coefficient (Wildman–Crippen LogP) is 5.13. The van der Waals surface area contributed by atoms with E-state index < -0.39 is 5.97 Å². The van der Waals surface area contributed by atoms with Crippen LogP contribution in [0.15, 0.2) is 51.8 Å². The number of carboxylic acids is 1. The van der Waals surface area contributed by atoms with Crippen LogP contribution in [0.1, 0.15) is 27.2 Å². The molecule has 144 valence electrons. The molecule has 28 heavy (non-hydrogen) atoms. The van der Waals surface area contributed by atoms with Crippen LogP contribution in [-0.2, 0) is 4.79 Å². The number of aryl methyl sites for hydroxylation is 2. The minimum absolute atomic E-state index is 0.219. The van der Waals surface area contributed by atoms with Crippen LogP contribution in [-0.4, -0.2) is 29.7 Å². The van der Waals surface area contributed by atoms with Crippen molar-refractivity contribution in [2.75, 3.05) is 12.9 Å². The van der Waals surface area contributed by atoms with Crippen LogP contribution in [0, 0.1) is 13.8 Å². The molecule has 1 N–H and O–H groups in total. The van der Waals surface area contributed by atoms with Crippen LogP contribution in [0.25, 0.3) is 17.0 Å². The van der Waals surface area contributed by atoms with E-state index in [1.807, 2.05) is 50.4 Å². The topological polar surface area (TPSA) is 76.7 Å². The van der Waals surface area contributed by atoms with Crippen molar-refractivity contribution in [2.45, 2.75) is 18.7 Å². The van der Waals surface area contributed by atoms with E-state index in [2.05, 4.69) is 0 Å². The summed E-state index contributed by atoms with van der Waals surface area (Å²) in [5.74, 6) is -0.403. The maximum absolute atomic E-state index is 12.5. The quantitative estimate of drug-likeness (QED) is 0.339. The number of benzene rings is 2. The molecule has 1 aromatic heterocycles. The molecule has 2 aromatic carbocycles. The molecule has 3 rings (SSSR count). The monoisotopic (exact) mass is 396 g/mol. The van der Waals surface area contributed by atoms with E-state index >= 15 is 0 Å². The van der Waals surface area contributed by atoms with Gasteiger partial charge in [-0.25, -0.2) is 4.79 Å². The molecule has 6 heteroatoms. The lowest BCUT2D eigenvalue weighted by molar-refractivity contribution is -0.139. The van der Waals surface area contributed by atoms with E-state index in [1.54, 1.807) is 23.9 Å². The van der Waals surface area contributed by atoms with Crippen LogP contribution in [0.2, 0.25) is 0 Å². The molecular weight excluding hydrogens is 376 g/mol. The molecule has 0 bridgehead atoms. The van der Waals surface area contributed by atoms with Crippen molar-refractivity contribution < 1.29 is 23.8 Å². The molecular formula is C22H20O5S. The van der Waals surface area contributed by atoms with Crippen molar-refractivity contribution in [1.29, 1.82) is 0 Å². The van der Waals surface area contributed by atoms with Gasteiger partial charge in [-0.15, -0.1) is 11.8 Å². The Morgan fingerprint density at radius 2 is 1.86 bits per heavy atom. The lowest BCUT2D eigenvalue weighted by Gasteiger charge is -2.11. The van der Waals surface area contributed by atoms with Gasteiger partial charge in [0.15, 0.2) is 12.4 Å². The second kappa shape index (κ2) is 8.35. The largest absolute Gasteiger partial charge is 0.481 e.